The zero-order chi connectivity index (χ0) is 13.1. The molecule has 94 valence electrons. The Balaban J connectivity index is 2.45. The summed E-state index contributed by atoms with van der Waals surface area (Å²) in [4.78, 5) is 11.7. The summed E-state index contributed by atoms with van der Waals surface area (Å²) in [5.41, 5.74) is 1.01. The van der Waals surface area contributed by atoms with Crippen molar-refractivity contribution in [2.45, 2.75) is 6.92 Å². The second kappa shape index (κ2) is 5.37. The summed E-state index contributed by atoms with van der Waals surface area (Å²) in [5.74, 6) is -0.549. The Bertz CT molecular complexity index is 583. The van der Waals surface area contributed by atoms with Gasteiger partial charge in [0.2, 0.25) is 0 Å². The number of halogens is 2. The fourth-order valence-corrected chi connectivity index (χ4v) is 1.94. The van der Waals surface area contributed by atoms with Crippen LogP contribution in [0.2, 0.25) is 10.0 Å². The lowest BCUT2D eigenvalue weighted by Crippen LogP contribution is -2.06. The summed E-state index contributed by atoms with van der Waals surface area (Å²) in [6.07, 6.45) is 0. The Morgan fingerprint density at radius 2 is 2.17 bits per heavy atom. The van der Waals surface area contributed by atoms with Gasteiger partial charge in [0, 0.05) is 10.6 Å². The Hall–Kier alpha value is -1.59. The number of carbonyl (C=O) groups excluding carboxylic acids is 1. The van der Waals surface area contributed by atoms with Gasteiger partial charge in [-0.15, -0.1) is 5.10 Å². The van der Waals surface area contributed by atoms with Gasteiger partial charge in [-0.3, -0.25) is 0 Å². The molecule has 1 aromatic carbocycles. The molecule has 0 saturated heterocycles. The van der Waals surface area contributed by atoms with Crippen LogP contribution in [0.25, 0.3) is 11.3 Å². The fraction of sp³-hybridized carbons (Fsp3) is 0.182. The lowest BCUT2D eigenvalue weighted by atomic mass is 10.1. The number of nitrogens with one attached hydrogen (secondary N) is 1. The molecule has 1 N–H and O–H groups in total. The highest BCUT2D eigenvalue weighted by Gasteiger charge is 2.20. The third-order valence-electron chi connectivity index (χ3n) is 2.20. The average Bonchev–Trinajstić information content (AvgIpc) is 2.78. The van der Waals surface area contributed by atoms with Gasteiger partial charge in [-0.05, 0) is 25.1 Å². The van der Waals surface area contributed by atoms with E-state index in [4.69, 9.17) is 27.9 Å². The SMILES string of the molecule is CCOC(=O)c1n[nH]nc1-c1ccc(Cl)cc1Cl. The van der Waals surface area contributed by atoms with Crippen molar-refractivity contribution in [3.63, 3.8) is 0 Å². The predicted molar refractivity (Wildman–Crippen MR) is 67.8 cm³/mol. The molecule has 0 fully saturated rings. The highest BCUT2D eigenvalue weighted by molar-refractivity contribution is 6.36. The summed E-state index contributed by atoms with van der Waals surface area (Å²) in [5, 5.41) is 11.0. The number of hydrogen-bond donors (Lipinski definition) is 1. The minimum absolute atomic E-state index is 0.0982. The molecule has 2 aromatic rings. The third kappa shape index (κ3) is 2.47. The molecule has 2 rings (SSSR count). The van der Waals surface area contributed by atoms with Crippen molar-refractivity contribution >= 4 is 29.2 Å². The van der Waals surface area contributed by atoms with E-state index in [9.17, 15) is 4.79 Å². The molecule has 0 bridgehead atoms. The molecule has 0 spiro atoms. The second-order valence-corrected chi connectivity index (χ2v) is 4.21. The van der Waals surface area contributed by atoms with Crippen LogP contribution in [0, 0.1) is 0 Å². The lowest BCUT2D eigenvalue weighted by molar-refractivity contribution is 0.0520. The van der Waals surface area contributed by atoms with E-state index >= 15 is 0 Å². The molecule has 5 nitrogen and oxygen atoms in total. The smallest absolute Gasteiger partial charge is 0.361 e. The molecule has 0 saturated carbocycles. The Labute approximate surface area is 113 Å². The van der Waals surface area contributed by atoms with E-state index in [1.54, 1.807) is 25.1 Å². The molecule has 1 aromatic heterocycles. The van der Waals surface area contributed by atoms with Gasteiger partial charge in [-0.1, -0.05) is 23.2 Å². The first-order valence-electron chi connectivity index (χ1n) is 5.16. The average molecular weight is 286 g/mol. The maximum absolute atomic E-state index is 11.7. The second-order valence-electron chi connectivity index (χ2n) is 3.37. The maximum atomic E-state index is 11.7. The molecule has 0 aliphatic heterocycles. The molecule has 1 heterocycles. The molecule has 18 heavy (non-hydrogen) atoms. The van der Waals surface area contributed by atoms with Crippen molar-refractivity contribution in [1.82, 2.24) is 15.4 Å². The van der Waals surface area contributed by atoms with Gasteiger partial charge in [-0.2, -0.15) is 10.3 Å². The van der Waals surface area contributed by atoms with Crippen molar-refractivity contribution in [3.8, 4) is 11.3 Å². The van der Waals surface area contributed by atoms with Gasteiger partial charge in [0.25, 0.3) is 0 Å². The summed E-state index contributed by atoms with van der Waals surface area (Å²) in [6, 6.07) is 4.90. The lowest BCUT2D eigenvalue weighted by Gasteiger charge is -2.03. The number of esters is 1. The first-order valence-corrected chi connectivity index (χ1v) is 5.92. The minimum atomic E-state index is -0.549. The number of H-pyrrole nitrogens is 1. The van der Waals surface area contributed by atoms with E-state index in [0.29, 0.717) is 21.3 Å². The molecular formula is C11H9Cl2N3O2. The van der Waals surface area contributed by atoms with Crippen molar-refractivity contribution in [2.24, 2.45) is 0 Å². The number of benzene rings is 1. The van der Waals surface area contributed by atoms with Gasteiger partial charge >= 0.3 is 5.97 Å². The third-order valence-corrected chi connectivity index (χ3v) is 2.75. The topological polar surface area (TPSA) is 67.9 Å². The number of aromatic nitrogens is 3. The molecule has 0 radical (unpaired) electrons. The molecule has 0 aliphatic rings. The summed E-state index contributed by atoms with van der Waals surface area (Å²) in [7, 11) is 0. The number of nitrogens with zero attached hydrogens (tertiary/aromatic N) is 2. The zero-order valence-corrected chi connectivity index (χ0v) is 10.9. The Kier molecular flexibility index (Phi) is 3.84. The first-order chi connectivity index (χ1) is 8.63. The van der Waals surface area contributed by atoms with E-state index in [0.717, 1.165) is 0 Å². The minimum Gasteiger partial charge on any atom is -0.461 e. The molecule has 0 unspecified atom stereocenters. The van der Waals surface area contributed by atoms with Crippen LogP contribution in [0.5, 0.6) is 0 Å². The molecular weight excluding hydrogens is 277 g/mol. The monoisotopic (exact) mass is 285 g/mol. The zero-order valence-electron chi connectivity index (χ0n) is 9.41. The molecule has 0 amide bonds. The number of aromatic amines is 1. The number of hydrogen-bond acceptors (Lipinski definition) is 4. The van der Waals surface area contributed by atoms with Gasteiger partial charge < -0.3 is 4.74 Å². The van der Waals surface area contributed by atoms with Crippen LogP contribution in [0.4, 0.5) is 0 Å². The molecule has 7 heteroatoms. The quantitative estimate of drug-likeness (QED) is 0.881. The van der Waals surface area contributed by atoms with E-state index in [-0.39, 0.29) is 12.3 Å². The van der Waals surface area contributed by atoms with Crippen LogP contribution in [0.3, 0.4) is 0 Å². The highest BCUT2D eigenvalue weighted by Crippen LogP contribution is 2.30. The number of ether oxygens (including phenoxy) is 1. The van der Waals surface area contributed by atoms with Crippen molar-refractivity contribution in [1.29, 1.82) is 0 Å². The van der Waals surface area contributed by atoms with Crippen LogP contribution in [-0.4, -0.2) is 28.0 Å². The van der Waals surface area contributed by atoms with Crippen LogP contribution >= 0.6 is 23.2 Å². The van der Waals surface area contributed by atoms with Crippen molar-refractivity contribution in [3.05, 3.63) is 33.9 Å². The van der Waals surface area contributed by atoms with Gasteiger partial charge in [0.05, 0.1) is 11.6 Å². The van der Waals surface area contributed by atoms with E-state index < -0.39 is 5.97 Å². The van der Waals surface area contributed by atoms with Gasteiger partial charge in [-0.25, -0.2) is 4.79 Å². The van der Waals surface area contributed by atoms with Crippen molar-refractivity contribution < 1.29 is 9.53 Å². The molecule has 0 aliphatic carbocycles. The van der Waals surface area contributed by atoms with Crippen LogP contribution < -0.4 is 0 Å². The van der Waals surface area contributed by atoms with Crippen LogP contribution in [-0.2, 0) is 4.74 Å². The number of carbonyl (C=O) groups is 1. The van der Waals surface area contributed by atoms with Crippen LogP contribution in [0.1, 0.15) is 17.4 Å². The first kappa shape index (κ1) is 12.9. The predicted octanol–water partition coefficient (Wildman–Crippen LogP) is 2.96. The normalized spacial score (nSPS) is 10.4. The van der Waals surface area contributed by atoms with Crippen LogP contribution in [0.15, 0.2) is 18.2 Å². The fourth-order valence-electron chi connectivity index (χ4n) is 1.44. The summed E-state index contributed by atoms with van der Waals surface area (Å²) >= 11 is 11.9. The van der Waals surface area contributed by atoms with Gasteiger partial charge in [0.1, 0.15) is 5.69 Å². The van der Waals surface area contributed by atoms with Crippen molar-refractivity contribution in [2.75, 3.05) is 6.61 Å². The van der Waals surface area contributed by atoms with Gasteiger partial charge in [0.15, 0.2) is 5.69 Å². The van der Waals surface area contributed by atoms with E-state index in [1.165, 1.54) is 0 Å². The molecule has 0 atom stereocenters. The Morgan fingerprint density at radius 3 is 2.83 bits per heavy atom. The highest BCUT2D eigenvalue weighted by atomic mass is 35.5. The summed E-state index contributed by atoms with van der Waals surface area (Å²) in [6.45, 7) is 1.98. The van der Waals surface area contributed by atoms with E-state index in [2.05, 4.69) is 15.4 Å². The maximum Gasteiger partial charge on any atom is 0.361 e. The number of rotatable bonds is 3. The summed E-state index contributed by atoms with van der Waals surface area (Å²) < 4.78 is 4.88. The largest absolute Gasteiger partial charge is 0.461 e. The van der Waals surface area contributed by atoms with E-state index in [1.807, 2.05) is 0 Å². The standard InChI is InChI=1S/C11H9Cl2N3O2/c1-2-18-11(17)10-9(14-16-15-10)7-4-3-6(12)5-8(7)13/h3-5H,2H2,1H3,(H,14,15,16). The Morgan fingerprint density at radius 1 is 1.39 bits per heavy atom.